The van der Waals surface area contributed by atoms with Crippen LogP contribution in [0, 0.1) is 0 Å². The lowest BCUT2D eigenvalue weighted by Gasteiger charge is -2.16. The van der Waals surface area contributed by atoms with Crippen LogP contribution >= 0.6 is 12.4 Å². The Morgan fingerprint density at radius 2 is 1.41 bits per heavy atom. The number of fused-ring (bicyclic) bond motifs is 1. The van der Waals surface area contributed by atoms with E-state index in [1.807, 2.05) is 6.92 Å². The summed E-state index contributed by atoms with van der Waals surface area (Å²) >= 11 is 0. The minimum atomic E-state index is -4.73. The molecule has 2 rings (SSSR count). The molecule has 1 atom stereocenters. The predicted octanol–water partition coefficient (Wildman–Crippen LogP) is 2.08. The van der Waals surface area contributed by atoms with Crippen LogP contribution in [0.1, 0.15) is 13.3 Å². The molecule has 2 aromatic heterocycles. The van der Waals surface area contributed by atoms with Crippen molar-refractivity contribution in [3.8, 4) is 0 Å². The summed E-state index contributed by atoms with van der Waals surface area (Å²) in [7, 11) is 3.25. The van der Waals surface area contributed by atoms with Gasteiger partial charge in [0.25, 0.3) is 0 Å². The number of anilines is 4. The number of hydrogen-bond donors (Lipinski definition) is 5. The molecule has 27 heavy (non-hydrogen) atoms. The molecule has 1 unspecified atom stereocenters. The zero-order chi connectivity index (χ0) is 19.3. The molecule has 2 aromatic rings. The Kier molecular flexibility index (Phi) is 8.03. The van der Waals surface area contributed by atoms with Crippen molar-refractivity contribution in [3.63, 3.8) is 0 Å². The standard InChI is InChI=1S/C14H21F3N8O.ClH/c1-4-5-20-12-22-8-9(10(18-2)24-12)23-13(25-11(8)19-3)21-6-7(26)14(15,16)17;/h7,26H,4-6H2,1-3H3,(H2,18,20,22,24)(H2,19,21,23,25);1H. The Morgan fingerprint density at radius 1 is 0.926 bits per heavy atom. The molecule has 0 saturated heterocycles. The number of alkyl halides is 3. The van der Waals surface area contributed by atoms with Crippen LogP contribution in [0.15, 0.2) is 0 Å². The van der Waals surface area contributed by atoms with Gasteiger partial charge in [-0.05, 0) is 6.42 Å². The van der Waals surface area contributed by atoms with Crippen LogP contribution < -0.4 is 21.3 Å². The first-order chi connectivity index (χ1) is 12.3. The molecule has 0 radical (unpaired) electrons. The van der Waals surface area contributed by atoms with Crippen LogP contribution in [-0.4, -0.2) is 64.5 Å². The number of nitrogens with zero attached hydrogens (tertiary/aromatic N) is 4. The number of rotatable bonds is 8. The molecular weight excluding hydrogens is 389 g/mol. The molecule has 9 nitrogen and oxygen atoms in total. The van der Waals surface area contributed by atoms with E-state index in [0.29, 0.717) is 35.2 Å². The van der Waals surface area contributed by atoms with E-state index in [-0.39, 0.29) is 18.4 Å². The number of nitrogens with one attached hydrogen (secondary N) is 4. The van der Waals surface area contributed by atoms with Crippen LogP contribution in [0.5, 0.6) is 0 Å². The van der Waals surface area contributed by atoms with Crippen LogP contribution in [-0.2, 0) is 0 Å². The van der Waals surface area contributed by atoms with Crippen LogP contribution in [0.3, 0.4) is 0 Å². The maximum absolute atomic E-state index is 12.4. The average Bonchev–Trinajstić information content (AvgIpc) is 2.62. The van der Waals surface area contributed by atoms with Gasteiger partial charge in [-0.15, -0.1) is 12.4 Å². The highest BCUT2D eigenvalue weighted by atomic mass is 35.5. The summed E-state index contributed by atoms with van der Waals surface area (Å²) in [5.74, 6) is 1.01. The second-order valence-corrected chi connectivity index (χ2v) is 5.35. The molecule has 0 bridgehead atoms. The third kappa shape index (κ3) is 5.57. The first-order valence-electron chi connectivity index (χ1n) is 7.98. The van der Waals surface area contributed by atoms with E-state index in [1.165, 1.54) is 0 Å². The van der Waals surface area contributed by atoms with Crippen LogP contribution in [0.25, 0.3) is 11.0 Å². The molecule has 0 aliphatic heterocycles. The van der Waals surface area contributed by atoms with Gasteiger partial charge in [0.15, 0.2) is 17.7 Å². The number of aromatic nitrogens is 4. The third-order valence-electron chi connectivity index (χ3n) is 3.38. The molecule has 0 saturated carbocycles. The second-order valence-electron chi connectivity index (χ2n) is 5.35. The highest BCUT2D eigenvalue weighted by Gasteiger charge is 2.38. The van der Waals surface area contributed by atoms with E-state index < -0.39 is 18.8 Å². The molecule has 0 amide bonds. The first kappa shape index (κ1) is 22.7. The lowest BCUT2D eigenvalue weighted by atomic mass is 10.3. The molecule has 0 spiro atoms. The van der Waals surface area contributed by atoms with E-state index in [1.54, 1.807) is 14.1 Å². The SMILES string of the molecule is CCCNc1nc(NC)c2nc(NCC(O)C(F)(F)F)nc(NC)c2n1.Cl. The number of aliphatic hydroxyl groups is 1. The van der Waals surface area contributed by atoms with Crippen LogP contribution in [0.4, 0.5) is 36.7 Å². The topological polar surface area (TPSA) is 120 Å². The van der Waals surface area contributed by atoms with Crippen molar-refractivity contribution in [2.45, 2.75) is 25.6 Å². The molecule has 0 aromatic carbocycles. The minimum absolute atomic E-state index is 0. The molecule has 0 aliphatic carbocycles. The second kappa shape index (κ2) is 9.55. The number of halogens is 4. The van der Waals surface area contributed by atoms with Gasteiger partial charge in [-0.25, -0.2) is 9.97 Å². The lowest BCUT2D eigenvalue weighted by Crippen LogP contribution is -2.35. The lowest BCUT2D eigenvalue weighted by molar-refractivity contribution is -0.198. The van der Waals surface area contributed by atoms with E-state index in [4.69, 9.17) is 5.11 Å². The summed E-state index contributed by atoms with van der Waals surface area (Å²) in [6.07, 6.45) is -6.37. The average molecular weight is 411 g/mol. The zero-order valence-corrected chi connectivity index (χ0v) is 15.8. The maximum Gasteiger partial charge on any atom is 0.416 e. The van der Waals surface area contributed by atoms with E-state index in [9.17, 15) is 13.2 Å². The van der Waals surface area contributed by atoms with Gasteiger partial charge in [-0.1, -0.05) is 6.92 Å². The molecule has 152 valence electrons. The van der Waals surface area contributed by atoms with Crippen molar-refractivity contribution < 1.29 is 18.3 Å². The van der Waals surface area contributed by atoms with Crippen LogP contribution in [0.2, 0.25) is 0 Å². The number of hydrogen-bond acceptors (Lipinski definition) is 9. The smallest absolute Gasteiger partial charge is 0.382 e. The van der Waals surface area contributed by atoms with Crippen molar-refractivity contribution in [3.05, 3.63) is 0 Å². The molecule has 13 heteroatoms. The summed E-state index contributed by atoms with van der Waals surface area (Å²) in [4.78, 5) is 16.9. The fraction of sp³-hybridized carbons (Fsp3) is 0.571. The van der Waals surface area contributed by atoms with E-state index in [2.05, 4.69) is 41.2 Å². The van der Waals surface area contributed by atoms with Gasteiger partial charge in [0, 0.05) is 20.6 Å². The zero-order valence-electron chi connectivity index (χ0n) is 15.0. The van der Waals surface area contributed by atoms with E-state index >= 15 is 0 Å². The fourth-order valence-electron chi connectivity index (χ4n) is 2.06. The Bertz CT molecular complexity index is 761. The summed E-state index contributed by atoms with van der Waals surface area (Å²) in [6, 6.07) is 0. The minimum Gasteiger partial charge on any atom is -0.382 e. The molecule has 5 N–H and O–H groups in total. The fourth-order valence-corrected chi connectivity index (χ4v) is 2.06. The van der Waals surface area contributed by atoms with Gasteiger partial charge in [0.2, 0.25) is 11.9 Å². The summed E-state index contributed by atoms with van der Waals surface area (Å²) in [6.45, 7) is 1.91. The summed E-state index contributed by atoms with van der Waals surface area (Å²) < 4.78 is 37.3. The molecular formula is C14H22ClF3N8O. The highest BCUT2D eigenvalue weighted by molar-refractivity contribution is 5.94. The number of aliphatic hydroxyl groups excluding tert-OH is 1. The Morgan fingerprint density at radius 3 is 1.81 bits per heavy atom. The van der Waals surface area contributed by atoms with Gasteiger partial charge >= 0.3 is 6.18 Å². The van der Waals surface area contributed by atoms with Crippen molar-refractivity contribution >= 4 is 47.0 Å². The monoisotopic (exact) mass is 410 g/mol. The Hall–Kier alpha value is -2.34. The van der Waals surface area contributed by atoms with Gasteiger partial charge in [0.1, 0.15) is 11.0 Å². The van der Waals surface area contributed by atoms with Gasteiger partial charge in [-0.2, -0.15) is 23.1 Å². The van der Waals surface area contributed by atoms with Crippen molar-refractivity contribution in [2.24, 2.45) is 0 Å². The van der Waals surface area contributed by atoms with Gasteiger partial charge < -0.3 is 26.4 Å². The van der Waals surface area contributed by atoms with Gasteiger partial charge in [-0.3, -0.25) is 0 Å². The van der Waals surface area contributed by atoms with Crippen molar-refractivity contribution in [1.29, 1.82) is 0 Å². The molecule has 0 aliphatic rings. The predicted molar refractivity (Wildman–Crippen MR) is 101 cm³/mol. The maximum atomic E-state index is 12.4. The van der Waals surface area contributed by atoms with E-state index in [0.717, 1.165) is 6.42 Å². The quantitative estimate of drug-likeness (QED) is 0.445. The molecule has 0 fully saturated rings. The highest BCUT2D eigenvalue weighted by Crippen LogP contribution is 2.27. The summed E-state index contributed by atoms with van der Waals surface area (Å²) in [5.41, 5.74) is 0.741. The normalized spacial score (nSPS) is 12.3. The molecule has 2 heterocycles. The largest absolute Gasteiger partial charge is 0.416 e. The van der Waals surface area contributed by atoms with Crippen molar-refractivity contribution in [2.75, 3.05) is 48.5 Å². The van der Waals surface area contributed by atoms with Gasteiger partial charge in [0.05, 0.1) is 6.54 Å². The third-order valence-corrected chi connectivity index (χ3v) is 3.38. The Balaban J connectivity index is 0.00000364. The Labute approximate surface area is 160 Å². The first-order valence-corrected chi connectivity index (χ1v) is 7.98. The summed E-state index contributed by atoms with van der Waals surface area (Å²) in [5, 5.41) is 20.3. The van der Waals surface area contributed by atoms with Crippen molar-refractivity contribution in [1.82, 2.24) is 19.9 Å².